The SMILES string of the molecule is COc1c(C2(N)CCC2)cc2c(c1Br)CCC2. The molecule has 0 aromatic heterocycles. The number of nitrogens with two attached hydrogens (primary N) is 1. The normalized spacial score (nSPS) is 20.9. The Morgan fingerprint density at radius 2 is 2.06 bits per heavy atom. The average molecular weight is 296 g/mol. The number of benzene rings is 1. The maximum Gasteiger partial charge on any atom is 0.138 e. The molecule has 0 saturated heterocycles. The first kappa shape index (κ1) is 11.5. The first-order valence-corrected chi connectivity index (χ1v) is 7.12. The summed E-state index contributed by atoms with van der Waals surface area (Å²) in [5, 5.41) is 0. The third-order valence-corrected chi connectivity index (χ3v) is 5.11. The van der Waals surface area contributed by atoms with E-state index in [0.29, 0.717) is 0 Å². The summed E-state index contributed by atoms with van der Waals surface area (Å²) in [6.45, 7) is 0. The molecular formula is C14H18BrNO. The van der Waals surface area contributed by atoms with E-state index >= 15 is 0 Å². The molecule has 3 rings (SSSR count). The van der Waals surface area contributed by atoms with Crippen LogP contribution < -0.4 is 10.5 Å². The van der Waals surface area contributed by atoms with Crippen molar-refractivity contribution in [3.63, 3.8) is 0 Å². The summed E-state index contributed by atoms with van der Waals surface area (Å²) in [6.07, 6.45) is 6.97. The van der Waals surface area contributed by atoms with E-state index in [4.69, 9.17) is 10.5 Å². The maximum atomic E-state index is 6.46. The lowest BCUT2D eigenvalue weighted by molar-refractivity contribution is 0.243. The van der Waals surface area contributed by atoms with E-state index < -0.39 is 0 Å². The number of ether oxygens (including phenoxy) is 1. The smallest absolute Gasteiger partial charge is 0.138 e. The third kappa shape index (κ3) is 1.63. The number of hydrogen-bond donors (Lipinski definition) is 1. The second-order valence-corrected chi connectivity index (χ2v) is 6.07. The highest BCUT2D eigenvalue weighted by Crippen LogP contribution is 2.48. The molecule has 0 unspecified atom stereocenters. The van der Waals surface area contributed by atoms with Crippen LogP contribution in [0.5, 0.6) is 5.75 Å². The van der Waals surface area contributed by atoms with Crippen molar-refractivity contribution < 1.29 is 4.74 Å². The van der Waals surface area contributed by atoms with Crippen LogP contribution in [0.3, 0.4) is 0 Å². The van der Waals surface area contributed by atoms with E-state index in [1.807, 2.05) is 0 Å². The van der Waals surface area contributed by atoms with Gasteiger partial charge in [-0.2, -0.15) is 0 Å². The van der Waals surface area contributed by atoms with Gasteiger partial charge in [0.05, 0.1) is 11.6 Å². The van der Waals surface area contributed by atoms with Gasteiger partial charge in [0.2, 0.25) is 0 Å². The van der Waals surface area contributed by atoms with E-state index in [0.717, 1.165) is 29.5 Å². The molecule has 2 nitrogen and oxygen atoms in total. The Morgan fingerprint density at radius 3 is 2.65 bits per heavy atom. The Kier molecular flexibility index (Phi) is 2.71. The highest BCUT2D eigenvalue weighted by atomic mass is 79.9. The Hall–Kier alpha value is -0.540. The predicted molar refractivity (Wildman–Crippen MR) is 72.4 cm³/mol. The minimum Gasteiger partial charge on any atom is -0.495 e. The molecule has 3 heteroatoms. The van der Waals surface area contributed by atoms with Crippen molar-refractivity contribution in [3.8, 4) is 5.75 Å². The van der Waals surface area contributed by atoms with Gasteiger partial charge >= 0.3 is 0 Å². The first-order chi connectivity index (χ1) is 8.15. The van der Waals surface area contributed by atoms with Gasteiger partial charge < -0.3 is 10.5 Å². The zero-order valence-electron chi connectivity index (χ0n) is 10.2. The molecule has 2 aliphatic carbocycles. The average Bonchev–Trinajstić information content (AvgIpc) is 2.74. The van der Waals surface area contributed by atoms with Gasteiger partial charge in [-0.3, -0.25) is 0 Å². The standard InChI is InChI=1S/C14H18BrNO/c1-17-13-11(14(16)6-3-7-14)8-9-4-2-5-10(9)12(13)15/h8H,2-7,16H2,1H3. The second-order valence-electron chi connectivity index (χ2n) is 5.27. The topological polar surface area (TPSA) is 35.2 Å². The molecule has 92 valence electrons. The summed E-state index contributed by atoms with van der Waals surface area (Å²) in [6, 6.07) is 2.30. The molecule has 1 aromatic carbocycles. The lowest BCUT2D eigenvalue weighted by Gasteiger charge is -2.40. The van der Waals surface area contributed by atoms with E-state index in [-0.39, 0.29) is 5.54 Å². The minimum absolute atomic E-state index is 0.147. The number of methoxy groups -OCH3 is 1. The van der Waals surface area contributed by atoms with E-state index in [1.54, 1.807) is 7.11 Å². The fourth-order valence-electron chi connectivity index (χ4n) is 3.07. The molecule has 1 saturated carbocycles. The highest BCUT2D eigenvalue weighted by molar-refractivity contribution is 9.10. The second kappa shape index (κ2) is 3.99. The van der Waals surface area contributed by atoms with Crippen molar-refractivity contribution in [1.82, 2.24) is 0 Å². The molecule has 0 radical (unpaired) electrons. The minimum atomic E-state index is -0.147. The van der Waals surface area contributed by atoms with Gasteiger partial charge in [-0.1, -0.05) is 0 Å². The van der Waals surface area contributed by atoms with Crippen LogP contribution in [0.2, 0.25) is 0 Å². The summed E-state index contributed by atoms with van der Waals surface area (Å²) in [5.74, 6) is 0.966. The van der Waals surface area contributed by atoms with Crippen LogP contribution in [0.1, 0.15) is 42.4 Å². The predicted octanol–water partition coefficient (Wildman–Crippen LogP) is 3.28. The lowest BCUT2D eigenvalue weighted by atomic mass is 9.72. The maximum absolute atomic E-state index is 6.46. The molecule has 1 aromatic rings. The summed E-state index contributed by atoms with van der Waals surface area (Å²) in [4.78, 5) is 0. The monoisotopic (exact) mass is 295 g/mol. The van der Waals surface area contributed by atoms with E-state index in [2.05, 4.69) is 22.0 Å². The van der Waals surface area contributed by atoms with Gasteiger partial charge in [-0.05, 0) is 71.6 Å². The van der Waals surface area contributed by atoms with Crippen molar-refractivity contribution in [2.75, 3.05) is 7.11 Å². The van der Waals surface area contributed by atoms with Crippen molar-refractivity contribution in [1.29, 1.82) is 0 Å². The molecule has 0 aliphatic heterocycles. The van der Waals surface area contributed by atoms with E-state index in [1.165, 1.54) is 36.0 Å². The molecule has 0 spiro atoms. The summed E-state index contributed by atoms with van der Waals surface area (Å²) >= 11 is 3.71. The Bertz CT molecular complexity index is 466. The Labute approximate surface area is 111 Å². The largest absolute Gasteiger partial charge is 0.495 e. The number of hydrogen-bond acceptors (Lipinski definition) is 2. The van der Waals surface area contributed by atoms with Crippen LogP contribution in [0.15, 0.2) is 10.5 Å². The van der Waals surface area contributed by atoms with Crippen molar-refractivity contribution in [2.24, 2.45) is 5.73 Å². The molecule has 0 heterocycles. The van der Waals surface area contributed by atoms with Crippen LogP contribution in [-0.4, -0.2) is 7.11 Å². The van der Waals surface area contributed by atoms with Gasteiger partial charge in [0.15, 0.2) is 0 Å². The first-order valence-electron chi connectivity index (χ1n) is 6.33. The summed E-state index contributed by atoms with van der Waals surface area (Å²) < 4.78 is 6.74. The van der Waals surface area contributed by atoms with Gasteiger partial charge in [0.25, 0.3) is 0 Å². The van der Waals surface area contributed by atoms with E-state index in [9.17, 15) is 0 Å². The van der Waals surface area contributed by atoms with Crippen LogP contribution in [0.4, 0.5) is 0 Å². The molecule has 2 N–H and O–H groups in total. The quantitative estimate of drug-likeness (QED) is 0.909. The zero-order chi connectivity index (χ0) is 12.0. The van der Waals surface area contributed by atoms with Crippen molar-refractivity contribution in [2.45, 2.75) is 44.1 Å². The molecule has 1 fully saturated rings. The molecule has 0 bridgehead atoms. The fraction of sp³-hybridized carbons (Fsp3) is 0.571. The molecule has 17 heavy (non-hydrogen) atoms. The zero-order valence-corrected chi connectivity index (χ0v) is 11.8. The summed E-state index contributed by atoms with van der Waals surface area (Å²) in [7, 11) is 1.74. The summed E-state index contributed by atoms with van der Waals surface area (Å²) in [5.41, 5.74) is 10.4. The van der Waals surface area contributed by atoms with Gasteiger partial charge in [0.1, 0.15) is 5.75 Å². The lowest BCUT2D eigenvalue weighted by Crippen LogP contribution is -2.43. The molecule has 0 amide bonds. The third-order valence-electron chi connectivity index (χ3n) is 4.27. The van der Waals surface area contributed by atoms with Crippen LogP contribution in [0, 0.1) is 0 Å². The highest BCUT2D eigenvalue weighted by Gasteiger charge is 2.38. The van der Waals surface area contributed by atoms with Crippen LogP contribution in [0.25, 0.3) is 0 Å². The van der Waals surface area contributed by atoms with Crippen molar-refractivity contribution in [3.05, 3.63) is 27.2 Å². The van der Waals surface area contributed by atoms with Crippen LogP contribution >= 0.6 is 15.9 Å². The number of halogens is 1. The van der Waals surface area contributed by atoms with Crippen LogP contribution in [-0.2, 0) is 18.4 Å². The van der Waals surface area contributed by atoms with Gasteiger partial charge in [-0.15, -0.1) is 0 Å². The fourth-order valence-corrected chi connectivity index (χ4v) is 3.90. The Morgan fingerprint density at radius 1 is 1.29 bits per heavy atom. The van der Waals surface area contributed by atoms with Gasteiger partial charge in [-0.25, -0.2) is 0 Å². The van der Waals surface area contributed by atoms with Gasteiger partial charge in [0, 0.05) is 11.1 Å². The molecular weight excluding hydrogens is 278 g/mol. The molecule has 0 atom stereocenters. The number of fused-ring (bicyclic) bond motifs is 1. The van der Waals surface area contributed by atoms with Crippen molar-refractivity contribution >= 4 is 15.9 Å². The number of aryl methyl sites for hydroxylation is 1. The molecule has 2 aliphatic rings. The Balaban J connectivity index is 2.17. The number of rotatable bonds is 2.